The fraction of sp³-hybridized carbons (Fsp3) is 0.273. The number of benzene rings is 1. The number of ether oxygens (including phenoxy) is 1. The van der Waals surface area contributed by atoms with Crippen LogP contribution in [0, 0.1) is 12.8 Å². The van der Waals surface area contributed by atoms with Gasteiger partial charge in [0.2, 0.25) is 11.8 Å². The third-order valence-corrected chi connectivity index (χ3v) is 19.7. The van der Waals surface area contributed by atoms with Crippen LogP contribution in [0.3, 0.4) is 0 Å². The van der Waals surface area contributed by atoms with E-state index >= 15 is 0 Å². The van der Waals surface area contributed by atoms with Gasteiger partial charge in [0, 0.05) is 68.6 Å². The van der Waals surface area contributed by atoms with Crippen molar-refractivity contribution in [2.75, 3.05) is 20.1 Å². The number of aliphatic hydroxyl groups excluding tert-OH is 1. The van der Waals surface area contributed by atoms with E-state index in [1.807, 2.05) is 13.8 Å². The predicted molar refractivity (Wildman–Crippen MR) is 328 cm³/mol. The average Bonchev–Trinajstić information content (AvgIpc) is 2.14. The smallest absolute Gasteiger partial charge is 0.407 e. The number of aliphatic hydroxyl groups is 1. The second kappa shape index (κ2) is 28.0. The highest BCUT2D eigenvalue weighted by molar-refractivity contribution is 7.98. The molecule has 10 rings (SSSR count). The Morgan fingerprint density at radius 3 is 2.21 bits per heavy atom. The van der Waals surface area contributed by atoms with Gasteiger partial charge in [-0.05, 0) is 36.6 Å². The van der Waals surface area contributed by atoms with Crippen LogP contribution in [0.5, 0.6) is 0 Å². The first kappa shape index (κ1) is 61.7. The zero-order valence-electron chi connectivity index (χ0n) is 46.3. The Morgan fingerprint density at radius 1 is 0.713 bits per heavy atom. The third kappa shape index (κ3) is 15.1. The molecule has 9 aromatic rings. The third-order valence-electron chi connectivity index (χ3n) is 12.9. The maximum absolute atomic E-state index is 14.4. The number of nitrogens with zero attached hydrogens (tertiary/aromatic N) is 9. The lowest BCUT2D eigenvalue weighted by Crippen LogP contribution is -2.40. The van der Waals surface area contributed by atoms with Gasteiger partial charge in [-0.2, -0.15) is 0 Å². The van der Waals surface area contributed by atoms with Crippen molar-refractivity contribution in [1.29, 1.82) is 0 Å². The number of thiazole rings is 6. The number of carbonyl (C=O) groups is 7. The summed E-state index contributed by atoms with van der Waals surface area (Å²) in [6.07, 6.45) is 0.582. The lowest BCUT2D eigenvalue weighted by Gasteiger charge is -2.23. The monoisotopic (exact) mass is 1310 g/mol. The molecule has 1 aromatic carbocycles. The second-order valence-electron chi connectivity index (χ2n) is 19.3. The summed E-state index contributed by atoms with van der Waals surface area (Å²) >= 11 is 8.44. The second-order valence-corrected chi connectivity index (χ2v) is 26.1. The van der Waals surface area contributed by atoms with Gasteiger partial charge in [-0.1, -0.05) is 55.9 Å². The Morgan fingerprint density at radius 2 is 1.44 bits per heavy atom. The topological polar surface area (TPSA) is 357 Å². The number of carboxylic acid groups (broad SMARTS) is 1. The summed E-state index contributed by atoms with van der Waals surface area (Å²) in [6.45, 7) is 4.63. The molecule has 10 bridgehead atoms. The van der Waals surface area contributed by atoms with Crippen LogP contribution in [0.2, 0.25) is 0 Å². The Labute approximate surface area is 523 Å². The zero-order valence-corrected chi connectivity index (χ0v) is 52.0. The lowest BCUT2D eigenvalue weighted by molar-refractivity contribution is -0.136. The standard InChI is InChI=1S/C55H51N15O10S7/c1-25(2)39-53-70-42(35(87-53)24-85-54-57-14-8-15-58-54)46(77)60-18-37(72)67-43(44(75)27-9-6-5-7-10-27)52-66-34(23-84-52)50-64-32(21-83-50)41-29(11-12-30(62-41)49-61-28(20-81-49)19-80-55(79)59-16-13-38(73)74)48-65-33(22-82-48)45(76)63-31(17-36(71)56-4)51-69-40(26(3)86-51)47(78)68-39/h5-12,14-15,20-23,25,31,39,43-44,75H,13,16-19,24H2,1-4H3,(H,56,71)(H,59,79)(H,60,77)(H,63,76)(H,67,72)(H,68,78)(H,73,74). The molecule has 0 saturated heterocycles. The van der Waals surface area contributed by atoms with Crippen molar-refractivity contribution in [3.05, 3.63) is 136 Å². The molecule has 448 valence electrons. The molecule has 32 heteroatoms. The molecule has 0 aliphatic carbocycles. The molecule has 9 heterocycles. The van der Waals surface area contributed by atoms with Crippen molar-refractivity contribution >= 4 is 121 Å². The number of nitrogens with one attached hydrogen (secondary N) is 6. The molecule has 0 saturated carbocycles. The number of hydrogen-bond donors (Lipinski definition) is 8. The van der Waals surface area contributed by atoms with Crippen molar-refractivity contribution in [1.82, 2.24) is 76.8 Å². The van der Waals surface area contributed by atoms with Gasteiger partial charge < -0.3 is 46.9 Å². The molecule has 1 aliphatic rings. The van der Waals surface area contributed by atoms with Crippen LogP contribution >= 0.6 is 79.8 Å². The molecule has 25 nitrogen and oxygen atoms in total. The number of fused-ring (bicyclic) bond motifs is 14. The summed E-state index contributed by atoms with van der Waals surface area (Å²) in [6, 6.07) is 11.1. The highest BCUT2D eigenvalue weighted by Crippen LogP contribution is 2.40. The Balaban J connectivity index is 1.03. The van der Waals surface area contributed by atoms with Crippen LogP contribution in [-0.2, 0) is 31.5 Å². The molecule has 8 N–H and O–H groups in total. The summed E-state index contributed by atoms with van der Waals surface area (Å²) in [4.78, 5) is 137. The number of hydrogen-bond acceptors (Lipinski definition) is 25. The van der Waals surface area contributed by atoms with Gasteiger partial charge in [0.25, 0.3) is 17.7 Å². The van der Waals surface area contributed by atoms with E-state index in [1.165, 1.54) is 64.2 Å². The maximum atomic E-state index is 14.4. The SMILES string of the molecule is CNC(=O)CC1NC(=O)c2csc(n2)-c2ccc(-c3nc(COC(=O)NCCC(=O)O)cs3)nc2-c2csc(n2)-c2csc(n2)C(C(O)c2ccccc2)NC(=O)CNC(=O)c2nc(sc2CSc2ncccn2)C(C(C)C)NC(=O)c2nc1sc2C. The molecule has 6 amide bonds. The van der Waals surface area contributed by atoms with E-state index in [-0.39, 0.29) is 59.8 Å². The average molecular weight is 1310 g/mol. The summed E-state index contributed by atoms with van der Waals surface area (Å²) in [5, 5.41) is 47.0. The first-order valence-electron chi connectivity index (χ1n) is 26.4. The van der Waals surface area contributed by atoms with E-state index in [2.05, 4.69) is 46.9 Å². The van der Waals surface area contributed by atoms with E-state index in [0.717, 1.165) is 22.7 Å². The molecular formula is C55H51N15O10S7. The van der Waals surface area contributed by atoms with E-state index < -0.39 is 72.4 Å². The molecule has 8 aromatic heterocycles. The number of rotatable bonds is 14. The molecule has 0 fully saturated rings. The normalized spacial score (nSPS) is 16.0. The van der Waals surface area contributed by atoms with Crippen LogP contribution in [0.15, 0.2) is 87.6 Å². The summed E-state index contributed by atoms with van der Waals surface area (Å²) in [5.74, 6) is -4.07. The van der Waals surface area contributed by atoms with Crippen molar-refractivity contribution < 1.29 is 48.5 Å². The summed E-state index contributed by atoms with van der Waals surface area (Å²) in [5.41, 5.74) is 3.03. The number of aliphatic carboxylic acids is 1. The van der Waals surface area contributed by atoms with Gasteiger partial charge in [-0.25, -0.2) is 49.7 Å². The van der Waals surface area contributed by atoms with Gasteiger partial charge in [-0.3, -0.25) is 28.8 Å². The number of aromatic nitrogens is 9. The largest absolute Gasteiger partial charge is 0.481 e. The van der Waals surface area contributed by atoms with Crippen LogP contribution in [-0.4, -0.2) is 117 Å². The van der Waals surface area contributed by atoms with Gasteiger partial charge in [0.15, 0.2) is 5.16 Å². The number of carbonyl (C=O) groups excluding carboxylic acids is 6. The van der Waals surface area contributed by atoms with Gasteiger partial charge >= 0.3 is 12.1 Å². The van der Waals surface area contributed by atoms with Crippen LogP contribution in [0.1, 0.15) is 118 Å². The minimum absolute atomic E-state index is 0.0114. The van der Waals surface area contributed by atoms with Crippen molar-refractivity contribution in [2.24, 2.45) is 5.92 Å². The van der Waals surface area contributed by atoms with Gasteiger partial charge in [0.05, 0.1) is 42.9 Å². The molecular weight excluding hydrogens is 1260 g/mol. The molecule has 4 unspecified atom stereocenters. The summed E-state index contributed by atoms with van der Waals surface area (Å²) < 4.78 is 5.26. The molecule has 0 radical (unpaired) electrons. The molecule has 4 atom stereocenters. The Kier molecular flexibility index (Phi) is 19.8. The van der Waals surface area contributed by atoms with E-state index in [9.17, 15) is 38.7 Å². The van der Waals surface area contributed by atoms with E-state index in [4.69, 9.17) is 39.7 Å². The highest BCUT2D eigenvalue weighted by Gasteiger charge is 2.33. The number of thioether (sulfide) groups is 1. The lowest BCUT2D eigenvalue weighted by atomic mass is 10.0. The first-order valence-corrected chi connectivity index (χ1v) is 32.6. The molecule has 87 heavy (non-hydrogen) atoms. The number of carboxylic acids is 1. The quantitative estimate of drug-likeness (QED) is 0.0378. The number of aryl methyl sites for hydroxylation is 1. The summed E-state index contributed by atoms with van der Waals surface area (Å²) in [7, 11) is 1.47. The van der Waals surface area contributed by atoms with Crippen molar-refractivity contribution in [3.63, 3.8) is 0 Å². The van der Waals surface area contributed by atoms with Gasteiger partial charge in [-0.15, -0.1) is 68.0 Å². The first-order chi connectivity index (χ1) is 42.0. The fourth-order valence-corrected chi connectivity index (χ4v) is 15.0. The Bertz CT molecular complexity index is 4000. The van der Waals surface area contributed by atoms with Gasteiger partial charge in [0.1, 0.15) is 83.0 Å². The van der Waals surface area contributed by atoms with Crippen molar-refractivity contribution in [3.8, 4) is 43.4 Å². The Hall–Kier alpha value is -8.37. The zero-order chi connectivity index (χ0) is 61.3. The van der Waals surface area contributed by atoms with E-state index in [0.29, 0.717) is 79.5 Å². The number of pyridine rings is 1. The maximum Gasteiger partial charge on any atom is 0.407 e. The van der Waals surface area contributed by atoms with Crippen LogP contribution in [0.4, 0.5) is 4.79 Å². The minimum atomic E-state index is -1.30. The highest BCUT2D eigenvalue weighted by atomic mass is 32.2. The number of amides is 6. The van der Waals surface area contributed by atoms with E-state index in [1.54, 1.807) is 89.4 Å². The predicted octanol–water partition coefficient (Wildman–Crippen LogP) is 7.95. The number of alkyl carbamates (subject to hydrolysis) is 1. The minimum Gasteiger partial charge on any atom is -0.481 e. The van der Waals surface area contributed by atoms with Crippen molar-refractivity contribution in [2.45, 2.75) is 75.4 Å². The fourth-order valence-electron chi connectivity index (χ4n) is 8.50. The van der Waals surface area contributed by atoms with Crippen LogP contribution in [0.25, 0.3) is 43.4 Å². The van der Waals surface area contributed by atoms with Crippen LogP contribution < -0.4 is 31.9 Å². The molecule has 1 aliphatic heterocycles. The molecule has 0 spiro atoms.